The van der Waals surface area contributed by atoms with Crippen molar-refractivity contribution in [2.24, 2.45) is 0 Å². The number of hydrogen-bond acceptors (Lipinski definition) is 2. The van der Waals surface area contributed by atoms with Crippen LogP contribution in [-0.2, 0) is 5.60 Å². The lowest BCUT2D eigenvalue weighted by Crippen LogP contribution is -2.27. The molecule has 2 rings (SSSR count). The lowest BCUT2D eigenvalue weighted by atomic mass is 9.85. The smallest absolute Gasteiger partial charge is 0.0909 e. The van der Waals surface area contributed by atoms with E-state index < -0.39 is 5.60 Å². The van der Waals surface area contributed by atoms with Crippen molar-refractivity contribution >= 4 is 0 Å². The highest BCUT2D eigenvalue weighted by Crippen LogP contribution is 2.33. The van der Waals surface area contributed by atoms with Gasteiger partial charge in [-0.25, -0.2) is 0 Å². The summed E-state index contributed by atoms with van der Waals surface area (Å²) in [6.07, 6.45) is 2.78. The summed E-state index contributed by atoms with van der Waals surface area (Å²) in [6, 6.07) is 6.37. The molecule has 0 saturated carbocycles. The molecule has 0 amide bonds. The van der Waals surface area contributed by atoms with Gasteiger partial charge in [-0.3, -0.25) is 0 Å². The highest BCUT2D eigenvalue weighted by atomic mass is 16.3. The predicted octanol–water partition coefficient (Wildman–Crippen LogP) is 2.61. The quantitative estimate of drug-likeness (QED) is 0.806. The van der Waals surface area contributed by atoms with Gasteiger partial charge < -0.3 is 10.0 Å². The van der Waals surface area contributed by atoms with Crippen LogP contribution in [0.25, 0.3) is 0 Å². The van der Waals surface area contributed by atoms with E-state index in [1.165, 1.54) is 11.1 Å². The molecule has 1 atom stereocenters. The third-order valence-electron chi connectivity index (χ3n) is 4.08. The third-order valence-corrected chi connectivity index (χ3v) is 4.08. The Bertz CT molecular complexity index is 402. The number of hydrogen-bond donors (Lipinski definition) is 1. The number of rotatable bonds is 1. The summed E-state index contributed by atoms with van der Waals surface area (Å²) in [7, 11) is 2.13. The van der Waals surface area contributed by atoms with Gasteiger partial charge in [-0.2, -0.15) is 0 Å². The SMILES string of the molecule is Cc1ccc(C2(O)CCCN(C)CC2)cc1C. The van der Waals surface area contributed by atoms with Gasteiger partial charge in [-0.15, -0.1) is 0 Å². The highest BCUT2D eigenvalue weighted by molar-refractivity contribution is 5.33. The van der Waals surface area contributed by atoms with Gasteiger partial charge in [0.15, 0.2) is 0 Å². The Hall–Kier alpha value is -0.860. The lowest BCUT2D eigenvalue weighted by Gasteiger charge is -2.28. The maximum Gasteiger partial charge on any atom is 0.0909 e. The fourth-order valence-electron chi connectivity index (χ4n) is 2.57. The summed E-state index contributed by atoms with van der Waals surface area (Å²) >= 11 is 0. The average Bonchev–Trinajstić information content (AvgIpc) is 2.46. The number of likely N-dealkylation sites (tertiary alicyclic amines) is 1. The normalized spacial score (nSPS) is 26.8. The first-order valence-electron chi connectivity index (χ1n) is 6.50. The lowest BCUT2D eigenvalue weighted by molar-refractivity contribution is 0.0218. The zero-order valence-electron chi connectivity index (χ0n) is 11.2. The molecule has 1 fully saturated rings. The van der Waals surface area contributed by atoms with E-state index in [1.54, 1.807) is 0 Å². The van der Waals surface area contributed by atoms with Crippen molar-refractivity contribution in [3.63, 3.8) is 0 Å². The molecule has 94 valence electrons. The second-order valence-corrected chi connectivity index (χ2v) is 5.49. The zero-order chi connectivity index (χ0) is 12.5. The molecule has 0 radical (unpaired) electrons. The molecule has 1 aromatic rings. The summed E-state index contributed by atoms with van der Waals surface area (Å²) < 4.78 is 0. The van der Waals surface area contributed by atoms with Crippen molar-refractivity contribution in [1.29, 1.82) is 0 Å². The minimum atomic E-state index is -0.622. The highest BCUT2D eigenvalue weighted by Gasteiger charge is 2.31. The minimum Gasteiger partial charge on any atom is -0.385 e. The van der Waals surface area contributed by atoms with E-state index in [-0.39, 0.29) is 0 Å². The van der Waals surface area contributed by atoms with E-state index in [4.69, 9.17) is 0 Å². The summed E-state index contributed by atoms with van der Waals surface area (Å²) in [5, 5.41) is 10.8. The molecule has 1 heterocycles. The second kappa shape index (κ2) is 4.79. The molecule has 0 spiro atoms. The topological polar surface area (TPSA) is 23.5 Å². The molecule has 1 aliphatic heterocycles. The molecule has 0 aromatic heterocycles. The minimum absolute atomic E-state index is 0.622. The Kier molecular flexibility index (Phi) is 3.55. The summed E-state index contributed by atoms with van der Waals surface area (Å²) in [4.78, 5) is 2.30. The van der Waals surface area contributed by atoms with E-state index in [1.807, 2.05) is 0 Å². The molecule has 2 heteroatoms. The van der Waals surface area contributed by atoms with Crippen LogP contribution in [0, 0.1) is 13.8 Å². The van der Waals surface area contributed by atoms with Crippen LogP contribution in [0.3, 0.4) is 0 Å². The van der Waals surface area contributed by atoms with Crippen LogP contribution in [0.4, 0.5) is 0 Å². The van der Waals surface area contributed by atoms with Crippen LogP contribution in [0.5, 0.6) is 0 Å². The molecule has 1 N–H and O–H groups in total. The van der Waals surface area contributed by atoms with Crippen LogP contribution in [0.2, 0.25) is 0 Å². The van der Waals surface area contributed by atoms with Crippen molar-refractivity contribution in [1.82, 2.24) is 4.90 Å². The van der Waals surface area contributed by atoms with Gasteiger partial charge in [-0.05, 0) is 63.4 Å². The molecule has 2 nitrogen and oxygen atoms in total. The molecule has 1 aliphatic rings. The van der Waals surface area contributed by atoms with E-state index in [0.717, 1.165) is 37.9 Å². The number of benzene rings is 1. The van der Waals surface area contributed by atoms with Crippen molar-refractivity contribution in [3.8, 4) is 0 Å². The first-order chi connectivity index (χ1) is 8.01. The molecule has 0 aliphatic carbocycles. The molecule has 17 heavy (non-hydrogen) atoms. The Morgan fingerprint density at radius 3 is 2.59 bits per heavy atom. The van der Waals surface area contributed by atoms with Gasteiger partial charge in [-0.1, -0.05) is 18.2 Å². The van der Waals surface area contributed by atoms with Gasteiger partial charge in [0.05, 0.1) is 5.60 Å². The Labute approximate surface area is 104 Å². The van der Waals surface area contributed by atoms with Gasteiger partial charge in [0, 0.05) is 6.54 Å². The Morgan fingerprint density at radius 1 is 1.12 bits per heavy atom. The molecular weight excluding hydrogens is 210 g/mol. The van der Waals surface area contributed by atoms with Gasteiger partial charge >= 0.3 is 0 Å². The van der Waals surface area contributed by atoms with E-state index in [2.05, 4.69) is 44.0 Å². The van der Waals surface area contributed by atoms with Crippen LogP contribution in [0.15, 0.2) is 18.2 Å². The number of nitrogens with zero attached hydrogens (tertiary/aromatic N) is 1. The molecular formula is C15H23NO. The average molecular weight is 233 g/mol. The first kappa shape index (κ1) is 12.6. The van der Waals surface area contributed by atoms with Crippen molar-refractivity contribution in [3.05, 3.63) is 34.9 Å². The third kappa shape index (κ3) is 2.70. The number of aryl methyl sites for hydroxylation is 2. The van der Waals surface area contributed by atoms with Crippen molar-refractivity contribution in [2.75, 3.05) is 20.1 Å². The van der Waals surface area contributed by atoms with Crippen LogP contribution >= 0.6 is 0 Å². The largest absolute Gasteiger partial charge is 0.385 e. The monoisotopic (exact) mass is 233 g/mol. The molecule has 1 saturated heterocycles. The van der Waals surface area contributed by atoms with Crippen LogP contribution in [-0.4, -0.2) is 30.1 Å². The van der Waals surface area contributed by atoms with Crippen LogP contribution in [0.1, 0.15) is 36.0 Å². The molecule has 1 unspecified atom stereocenters. The Morgan fingerprint density at radius 2 is 1.88 bits per heavy atom. The van der Waals surface area contributed by atoms with Crippen molar-refractivity contribution < 1.29 is 5.11 Å². The second-order valence-electron chi connectivity index (χ2n) is 5.49. The van der Waals surface area contributed by atoms with E-state index in [0.29, 0.717) is 0 Å². The molecule has 1 aromatic carbocycles. The van der Waals surface area contributed by atoms with Gasteiger partial charge in [0.2, 0.25) is 0 Å². The fraction of sp³-hybridized carbons (Fsp3) is 0.600. The summed E-state index contributed by atoms with van der Waals surface area (Å²) in [6.45, 7) is 6.30. The zero-order valence-corrected chi connectivity index (χ0v) is 11.2. The van der Waals surface area contributed by atoms with Crippen molar-refractivity contribution in [2.45, 2.75) is 38.7 Å². The molecule has 0 bridgehead atoms. The van der Waals surface area contributed by atoms with Crippen LogP contribution < -0.4 is 0 Å². The maximum absolute atomic E-state index is 10.8. The Balaban J connectivity index is 2.27. The standard InChI is InChI=1S/C15H23NO/c1-12-5-6-14(11-13(12)2)15(17)7-4-9-16(3)10-8-15/h5-6,11,17H,4,7-10H2,1-3H3. The summed E-state index contributed by atoms with van der Waals surface area (Å²) in [5.41, 5.74) is 3.04. The first-order valence-corrected chi connectivity index (χ1v) is 6.50. The van der Waals surface area contributed by atoms with E-state index in [9.17, 15) is 5.11 Å². The van der Waals surface area contributed by atoms with Gasteiger partial charge in [0.25, 0.3) is 0 Å². The maximum atomic E-state index is 10.8. The summed E-state index contributed by atoms with van der Waals surface area (Å²) in [5.74, 6) is 0. The van der Waals surface area contributed by atoms with E-state index >= 15 is 0 Å². The predicted molar refractivity (Wildman–Crippen MR) is 71.2 cm³/mol. The van der Waals surface area contributed by atoms with Gasteiger partial charge in [0.1, 0.15) is 0 Å². The fourth-order valence-corrected chi connectivity index (χ4v) is 2.57. The number of aliphatic hydroxyl groups is 1.